The standard InChI is InChI=1S/C57H37N5O/c1-4-17-36(18-5-1)40-32-34-49-53(44-25-11-14-28-47(44)62(49)57-59-55(37-19-6-2-7-20-37)58-56(60-57)38-21-8-3-9-22-38)52(40)39-31-33-48-45(35-39)41-23-10-13-27-46(41)61(48)50-29-16-26-43-42-24-12-15-30-51(42)63-54(43)50/h1-35,55H,(H,58,59,60). The zero-order chi connectivity index (χ0) is 41.4. The van der Waals surface area contributed by atoms with Gasteiger partial charge < -0.3 is 14.3 Å². The molecular weight excluding hydrogens is 771 g/mol. The Balaban J connectivity index is 1.08. The summed E-state index contributed by atoms with van der Waals surface area (Å²) in [5.41, 5.74) is 13.8. The first-order valence-electron chi connectivity index (χ1n) is 21.4. The van der Waals surface area contributed by atoms with Crippen LogP contribution in [0.2, 0.25) is 0 Å². The van der Waals surface area contributed by atoms with Gasteiger partial charge in [0.25, 0.3) is 0 Å². The third kappa shape index (κ3) is 5.51. The molecule has 0 saturated heterocycles. The average molecular weight is 808 g/mol. The molecule has 0 fully saturated rings. The van der Waals surface area contributed by atoms with E-state index in [1.165, 1.54) is 16.3 Å². The van der Waals surface area contributed by atoms with E-state index < -0.39 is 0 Å². The van der Waals surface area contributed by atoms with Crippen molar-refractivity contribution in [3.05, 3.63) is 223 Å². The molecule has 6 nitrogen and oxygen atoms in total. The number of benzene rings is 9. The second-order valence-corrected chi connectivity index (χ2v) is 16.1. The van der Waals surface area contributed by atoms with Crippen LogP contribution in [0, 0.1) is 0 Å². The molecule has 4 heterocycles. The van der Waals surface area contributed by atoms with E-state index in [1.54, 1.807) is 0 Å². The highest BCUT2D eigenvalue weighted by atomic mass is 16.3. The van der Waals surface area contributed by atoms with Crippen molar-refractivity contribution in [1.82, 2.24) is 14.5 Å². The Labute approximate surface area is 362 Å². The van der Waals surface area contributed by atoms with E-state index in [4.69, 9.17) is 14.4 Å². The molecule has 1 N–H and O–H groups in total. The number of furan rings is 1. The Morgan fingerprint density at radius 2 is 1.06 bits per heavy atom. The smallest absolute Gasteiger partial charge is 0.211 e. The van der Waals surface area contributed by atoms with Gasteiger partial charge in [0.2, 0.25) is 5.96 Å². The van der Waals surface area contributed by atoms with Crippen molar-refractivity contribution in [3.63, 3.8) is 0 Å². The summed E-state index contributed by atoms with van der Waals surface area (Å²) < 4.78 is 11.3. The number of para-hydroxylation sites is 4. The van der Waals surface area contributed by atoms with Crippen molar-refractivity contribution in [2.75, 3.05) is 0 Å². The molecule has 0 radical (unpaired) electrons. The molecule has 13 rings (SSSR count). The molecule has 296 valence electrons. The maximum Gasteiger partial charge on any atom is 0.211 e. The van der Waals surface area contributed by atoms with Gasteiger partial charge in [-0.1, -0.05) is 170 Å². The van der Waals surface area contributed by atoms with Gasteiger partial charge in [0, 0.05) is 37.9 Å². The zero-order valence-corrected chi connectivity index (χ0v) is 34.0. The predicted octanol–water partition coefficient (Wildman–Crippen LogP) is 14.1. The van der Waals surface area contributed by atoms with E-state index in [-0.39, 0.29) is 6.17 Å². The molecular formula is C57H37N5O. The molecule has 0 bridgehead atoms. The van der Waals surface area contributed by atoms with Crippen molar-refractivity contribution >= 4 is 77.3 Å². The van der Waals surface area contributed by atoms with Crippen LogP contribution in [0.1, 0.15) is 17.3 Å². The quantitative estimate of drug-likeness (QED) is 0.188. The minimum atomic E-state index is -0.335. The van der Waals surface area contributed by atoms with Gasteiger partial charge in [0.15, 0.2) is 11.4 Å². The van der Waals surface area contributed by atoms with E-state index in [0.29, 0.717) is 5.84 Å². The van der Waals surface area contributed by atoms with Crippen LogP contribution >= 0.6 is 0 Å². The summed E-state index contributed by atoms with van der Waals surface area (Å²) in [6.45, 7) is 0. The van der Waals surface area contributed by atoms with Gasteiger partial charge in [-0.05, 0) is 70.3 Å². The number of nitrogens with one attached hydrogen (secondary N) is 1. The Morgan fingerprint density at radius 1 is 0.444 bits per heavy atom. The lowest BCUT2D eigenvalue weighted by molar-refractivity contribution is 0.661. The van der Waals surface area contributed by atoms with Gasteiger partial charge in [-0.25, -0.2) is 4.99 Å². The second kappa shape index (κ2) is 14.0. The van der Waals surface area contributed by atoms with Gasteiger partial charge in [-0.2, -0.15) is 4.99 Å². The Morgan fingerprint density at radius 3 is 1.86 bits per heavy atom. The largest absolute Gasteiger partial charge is 0.454 e. The second-order valence-electron chi connectivity index (χ2n) is 16.1. The summed E-state index contributed by atoms with van der Waals surface area (Å²) in [7, 11) is 0. The van der Waals surface area contributed by atoms with E-state index in [1.807, 2.05) is 36.4 Å². The molecule has 9 aromatic carbocycles. The summed E-state index contributed by atoms with van der Waals surface area (Å²) in [5.74, 6) is 1.41. The third-order valence-corrected chi connectivity index (χ3v) is 12.6. The van der Waals surface area contributed by atoms with E-state index in [9.17, 15) is 0 Å². The number of fused-ring (bicyclic) bond motifs is 9. The highest BCUT2D eigenvalue weighted by Crippen LogP contribution is 2.45. The fraction of sp³-hybridized carbons (Fsp3) is 0.0175. The van der Waals surface area contributed by atoms with E-state index >= 15 is 0 Å². The Bertz CT molecular complexity index is 3820. The Hall–Kier alpha value is -8.48. The first-order chi connectivity index (χ1) is 31.3. The van der Waals surface area contributed by atoms with Crippen LogP contribution in [-0.4, -0.2) is 20.9 Å². The van der Waals surface area contributed by atoms with Gasteiger partial charge in [0.05, 0.1) is 27.8 Å². The first kappa shape index (κ1) is 35.3. The molecule has 0 spiro atoms. The maximum atomic E-state index is 6.62. The summed E-state index contributed by atoms with van der Waals surface area (Å²) in [6.07, 6.45) is -0.335. The molecule has 63 heavy (non-hydrogen) atoms. The number of hydrogen-bond acceptors (Lipinski definition) is 4. The number of aliphatic imine (C=N–C) groups is 2. The van der Waals surface area contributed by atoms with Crippen LogP contribution in [0.25, 0.3) is 93.5 Å². The predicted molar refractivity (Wildman–Crippen MR) is 260 cm³/mol. The van der Waals surface area contributed by atoms with Crippen LogP contribution in [0.5, 0.6) is 0 Å². The number of aromatic nitrogens is 2. The highest BCUT2D eigenvalue weighted by molar-refractivity contribution is 6.23. The molecule has 0 amide bonds. The molecule has 1 aliphatic rings. The molecule has 12 aromatic rings. The summed E-state index contributed by atoms with van der Waals surface area (Å²) in [6, 6.07) is 75.1. The van der Waals surface area contributed by atoms with Crippen LogP contribution in [-0.2, 0) is 0 Å². The number of hydrogen-bond donors (Lipinski definition) is 1. The van der Waals surface area contributed by atoms with Crippen molar-refractivity contribution in [3.8, 4) is 27.9 Å². The fourth-order valence-electron chi connectivity index (χ4n) is 9.82. The lowest BCUT2D eigenvalue weighted by Gasteiger charge is -2.25. The molecule has 0 aliphatic carbocycles. The average Bonchev–Trinajstić information content (AvgIpc) is 4.02. The highest BCUT2D eigenvalue weighted by Gasteiger charge is 2.27. The molecule has 1 unspecified atom stereocenters. The number of amidine groups is 1. The van der Waals surface area contributed by atoms with Crippen LogP contribution in [0.3, 0.4) is 0 Å². The van der Waals surface area contributed by atoms with Gasteiger partial charge in [-0.3, -0.25) is 4.57 Å². The molecule has 0 saturated carbocycles. The van der Waals surface area contributed by atoms with Crippen molar-refractivity contribution in [1.29, 1.82) is 0 Å². The Kier molecular flexibility index (Phi) is 7.87. The zero-order valence-electron chi connectivity index (χ0n) is 34.0. The maximum absolute atomic E-state index is 6.62. The first-order valence-corrected chi connectivity index (χ1v) is 21.4. The minimum absolute atomic E-state index is 0.335. The molecule has 1 atom stereocenters. The van der Waals surface area contributed by atoms with Crippen molar-refractivity contribution < 1.29 is 4.42 Å². The monoisotopic (exact) mass is 807 g/mol. The normalized spacial score (nSPS) is 14.2. The van der Waals surface area contributed by atoms with Gasteiger partial charge in [0.1, 0.15) is 11.7 Å². The van der Waals surface area contributed by atoms with Crippen molar-refractivity contribution in [2.24, 2.45) is 9.98 Å². The van der Waals surface area contributed by atoms with Crippen LogP contribution in [0.15, 0.2) is 227 Å². The van der Waals surface area contributed by atoms with Crippen molar-refractivity contribution in [2.45, 2.75) is 6.17 Å². The topological polar surface area (TPSA) is 59.8 Å². The fourth-order valence-corrected chi connectivity index (χ4v) is 9.82. The lowest BCUT2D eigenvalue weighted by atomic mass is 9.90. The summed E-state index contributed by atoms with van der Waals surface area (Å²) in [4.78, 5) is 10.5. The molecule has 1 aliphatic heterocycles. The van der Waals surface area contributed by atoms with E-state index in [2.05, 4.69) is 190 Å². The lowest BCUT2D eigenvalue weighted by Crippen LogP contribution is -2.37. The molecule has 6 heteroatoms. The number of nitrogens with zero attached hydrogens (tertiary/aromatic N) is 4. The van der Waals surface area contributed by atoms with Crippen LogP contribution < -0.4 is 5.32 Å². The minimum Gasteiger partial charge on any atom is -0.454 e. The third-order valence-electron chi connectivity index (χ3n) is 12.6. The van der Waals surface area contributed by atoms with Gasteiger partial charge in [-0.15, -0.1) is 0 Å². The SMILES string of the molecule is c1ccc(C2=NC(c3ccccc3)NC(n3c4ccccc4c4c(-c5ccc6c(c5)c5ccccc5n6-c5cccc6c5oc5ccccc56)c(-c5ccccc5)ccc43)=N2)cc1. The van der Waals surface area contributed by atoms with Crippen LogP contribution in [0.4, 0.5) is 0 Å². The molecule has 3 aromatic heterocycles. The van der Waals surface area contributed by atoms with E-state index in [0.717, 1.165) is 94.2 Å². The van der Waals surface area contributed by atoms with Gasteiger partial charge >= 0.3 is 0 Å². The number of rotatable bonds is 5. The summed E-state index contributed by atoms with van der Waals surface area (Å²) >= 11 is 0. The summed E-state index contributed by atoms with van der Waals surface area (Å²) in [5, 5.41) is 10.6.